The minimum atomic E-state index is -0.133. The van der Waals surface area contributed by atoms with Gasteiger partial charge in [0.05, 0.1) is 18.6 Å². The van der Waals surface area contributed by atoms with Crippen LogP contribution in [-0.2, 0) is 11.3 Å². The van der Waals surface area contributed by atoms with Crippen LogP contribution in [-0.4, -0.2) is 33.5 Å². The van der Waals surface area contributed by atoms with E-state index >= 15 is 0 Å². The van der Waals surface area contributed by atoms with Crippen molar-refractivity contribution in [1.29, 1.82) is 0 Å². The highest BCUT2D eigenvalue weighted by Crippen LogP contribution is 2.31. The van der Waals surface area contributed by atoms with Crippen molar-refractivity contribution in [3.05, 3.63) is 52.7 Å². The first-order chi connectivity index (χ1) is 13.5. The molecule has 6 nitrogen and oxygen atoms in total. The van der Waals surface area contributed by atoms with Crippen LogP contribution >= 0.6 is 23.1 Å². The first-order valence-corrected chi connectivity index (χ1v) is 10.6. The Kier molecular flexibility index (Phi) is 6.53. The molecule has 1 N–H and O–H groups in total. The number of benzene rings is 1. The monoisotopic (exact) mass is 414 g/mol. The van der Waals surface area contributed by atoms with Gasteiger partial charge >= 0.3 is 0 Å². The molecule has 1 amide bonds. The smallest absolute Gasteiger partial charge is 0.234 e. The first-order valence-electron chi connectivity index (χ1n) is 8.70. The number of anilines is 1. The standard InChI is InChI=1S/C20H22N4O2S2/c1-5-10-24-19(15-11-27-14(3)13(15)2)22-23-20(24)28-12-18(25)21-16-8-6-7-9-17(16)26-4/h5-9,11H,1,10,12H2,2-4H3,(H,21,25). The maximum atomic E-state index is 12.4. The van der Waals surface area contributed by atoms with Gasteiger partial charge in [-0.1, -0.05) is 30.0 Å². The molecule has 146 valence electrons. The van der Waals surface area contributed by atoms with Gasteiger partial charge in [0.15, 0.2) is 11.0 Å². The Morgan fingerprint density at radius 1 is 1.36 bits per heavy atom. The second kappa shape index (κ2) is 9.07. The van der Waals surface area contributed by atoms with Crippen LogP contribution in [0.2, 0.25) is 0 Å². The Morgan fingerprint density at radius 2 is 2.14 bits per heavy atom. The zero-order valence-corrected chi connectivity index (χ0v) is 17.7. The molecule has 0 saturated heterocycles. The number of rotatable bonds is 8. The third kappa shape index (κ3) is 4.28. The number of ether oxygens (including phenoxy) is 1. The number of para-hydroxylation sites is 2. The van der Waals surface area contributed by atoms with Gasteiger partial charge in [-0.3, -0.25) is 9.36 Å². The molecule has 0 spiro atoms. The molecule has 0 unspecified atom stereocenters. The molecule has 0 radical (unpaired) electrons. The topological polar surface area (TPSA) is 69.0 Å². The Morgan fingerprint density at radius 3 is 2.82 bits per heavy atom. The predicted molar refractivity (Wildman–Crippen MR) is 115 cm³/mol. The summed E-state index contributed by atoms with van der Waals surface area (Å²) in [4.78, 5) is 13.7. The number of amides is 1. The quantitative estimate of drug-likeness (QED) is 0.433. The van der Waals surface area contributed by atoms with Crippen molar-refractivity contribution in [3.8, 4) is 17.1 Å². The number of aromatic nitrogens is 3. The third-order valence-electron chi connectivity index (χ3n) is 4.27. The summed E-state index contributed by atoms with van der Waals surface area (Å²) in [5.74, 6) is 1.51. The minimum absolute atomic E-state index is 0.133. The Labute approximate surface area is 172 Å². The van der Waals surface area contributed by atoms with Gasteiger partial charge < -0.3 is 10.1 Å². The molecule has 2 heterocycles. The van der Waals surface area contributed by atoms with Gasteiger partial charge in [0.1, 0.15) is 5.75 Å². The van der Waals surface area contributed by atoms with E-state index in [-0.39, 0.29) is 11.7 Å². The van der Waals surface area contributed by atoms with Crippen molar-refractivity contribution >= 4 is 34.7 Å². The maximum Gasteiger partial charge on any atom is 0.234 e. The maximum absolute atomic E-state index is 12.4. The molecule has 0 aliphatic heterocycles. The lowest BCUT2D eigenvalue weighted by molar-refractivity contribution is -0.113. The van der Waals surface area contributed by atoms with Crippen molar-refractivity contribution in [2.45, 2.75) is 25.5 Å². The number of methoxy groups -OCH3 is 1. The number of hydrogen-bond acceptors (Lipinski definition) is 6. The molecular formula is C20H22N4O2S2. The average molecular weight is 415 g/mol. The largest absolute Gasteiger partial charge is 0.495 e. The molecule has 0 aliphatic carbocycles. The summed E-state index contributed by atoms with van der Waals surface area (Å²) in [5.41, 5.74) is 2.92. The molecule has 0 aliphatic rings. The van der Waals surface area contributed by atoms with Crippen LogP contribution in [0.4, 0.5) is 5.69 Å². The molecular weight excluding hydrogens is 392 g/mol. The number of carbonyl (C=O) groups excluding carboxylic acids is 1. The van der Waals surface area contributed by atoms with E-state index in [1.807, 2.05) is 16.7 Å². The second-order valence-electron chi connectivity index (χ2n) is 6.07. The number of hydrogen-bond donors (Lipinski definition) is 1. The van der Waals surface area contributed by atoms with Gasteiger partial charge in [-0.05, 0) is 31.5 Å². The Bertz CT molecular complexity index is 994. The van der Waals surface area contributed by atoms with E-state index in [9.17, 15) is 4.79 Å². The van der Waals surface area contributed by atoms with Crippen LogP contribution in [0.1, 0.15) is 10.4 Å². The van der Waals surface area contributed by atoms with E-state index in [1.54, 1.807) is 36.7 Å². The van der Waals surface area contributed by atoms with Gasteiger partial charge in [0.25, 0.3) is 0 Å². The van der Waals surface area contributed by atoms with Gasteiger partial charge in [0, 0.05) is 22.4 Å². The van der Waals surface area contributed by atoms with Gasteiger partial charge in [0.2, 0.25) is 5.91 Å². The van der Waals surface area contributed by atoms with Gasteiger partial charge in [-0.2, -0.15) is 0 Å². The van der Waals surface area contributed by atoms with Crippen LogP contribution in [0.15, 0.2) is 47.5 Å². The number of aryl methyl sites for hydroxylation is 1. The zero-order valence-electron chi connectivity index (χ0n) is 16.1. The molecule has 0 saturated carbocycles. The van der Waals surface area contributed by atoms with Crippen LogP contribution in [0.3, 0.4) is 0 Å². The lowest BCUT2D eigenvalue weighted by Crippen LogP contribution is -2.15. The molecule has 0 atom stereocenters. The van der Waals surface area contributed by atoms with Crippen LogP contribution in [0.25, 0.3) is 11.4 Å². The number of nitrogens with zero attached hydrogens (tertiary/aromatic N) is 3. The number of allylic oxidation sites excluding steroid dienone is 1. The van der Waals surface area contributed by atoms with Gasteiger partial charge in [-0.15, -0.1) is 28.1 Å². The van der Waals surface area contributed by atoms with Crippen molar-refractivity contribution in [2.24, 2.45) is 0 Å². The third-order valence-corrected chi connectivity index (χ3v) is 6.25. The molecule has 1 aromatic carbocycles. The van der Waals surface area contributed by atoms with E-state index in [2.05, 4.69) is 41.3 Å². The van der Waals surface area contributed by atoms with Crippen LogP contribution < -0.4 is 10.1 Å². The summed E-state index contributed by atoms with van der Waals surface area (Å²) < 4.78 is 7.26. The van der Waals surface area contributed by atoms with E-state index in [0.29, 0.717) is 23.1 Å². The second-order valence-corrected chi connectivity index (χ2v) is 8.10. The number of thioether (sulfide) groups is 1. The average Bonchev–Trinajstić information content (AvgIpc) is 3.24. The molecule has 3 rings (SSSR count). The van der Waals surface area contributed by atoms with E-state index < -0.39 is 0 Å². The molecule has 8 heteroatoms. The van der Waals surface area contributed by atoms with Crippen molar-refractivity contribution < 1.29 is 9.53 Å². The lowest BCUT2D eigenvalue weighted by atomic mass is 10.1. The van der Waals surface area contributed by atoms with E-state index in [4.69, 9.17) is 4.74 Å². The minimum Gasteiger partial charge on any atom is -0.495 e. The summed E-state index contributed by atoms with van der Waals surface area (Å²) in [7, 11) is 1.58. The van der Waals surface area contributed by atoms with Crippen LogP contribution in [0.5, 0.6) is 5.75 Å². The SMILES string of the molecule is C=CCn1c(SCC(=O)Nc2ccccc2OC)nnc1-c1csc(C)c1C. The molecule has 3 aromatic rings. The number of thiophene rings is 1. The summed E-state index contributed by atoms with van der Waals surface area (Å²) in [6.07, 6.45) is 1.81. The Balaban J connectivity index is 1.74. The van der Waals surface area contributed by atoms with E-state index in [1.165, 1.54) is 22.2 Å². The Hall–Kier alpha value is -2.58. The van der Waals surface area contributed by atoms with Crippen molar-refractivity contribution in [1.82, 2.24) is 14.8 Å². The molecule has 2 aromatic heterocycles. The first kappa shape index (κ1) is 20.2. The fourth-order valence-corrected chi connectivity index (χ4v) is 4.30. The summed E-state index contributed by atoms with van der Waals surface area (Å²) in [5, 5.41) is 14.3. The summed E-state index contributed by atoms with van der Waals surface area (Å²) in [6.45, 7) is 8.59. The summed E-state index contributed by atoms with van der Waals surface area (Å²) in [6, 6.07) is 7.32. The number of carbonyl (C=O) groups is 1. The molecule has 0 fully saturated rings. The van der Waals surface area contributed by atoms with Crippen molar-refractivity contribution in [2.75, 3.05) is 18.2 Å². The summed E-state index contributed by atoms with van der Waals surface area (Å²) >= 11 is 3.04. The highest BCUT2D eigenvalue weighted by atomic mass is 32.2. The predicted octanol–water partition coefficient (Wildman–Crippen LogP) is 4.55. The van der Waals surface area contributed by atoms with E-state index in [0.717, 1.165) is 11.4 Å². The van der Waals surface area contributed by atoms with Gasteiger partial charge in [-0.25, -0.2) is 0 Å². The molecule has 28 heavy (non-hydrogen) atoms. The fraction of sp³-hybridized carbons (Fsp3) is 0.250. The normalized spacial score (nSPS) is 10.7. The highest BCUT2D eigenvalue weighted by Gasteiger charge is 2.18. The lowest BCUT2D eigenvalue weighted by Gasteiger charge is -2.10. The zero-order chi connectivity index (χ0) is 20.1. The fourth-order valence-electron chi connectivity index (χ4n) is 2.69. The van der Waals surface area contributed by atoms with Crippen LogP contribution in [0, 0.1) is 13.8 Å². The highest BCUT2D eigenvalue weighted by molar-refractivity contribution is 7.99. The molecule has 0 bridgehead atoms. The number of nitrogens with one attached hydrogen (secondary N) is 1. The van der Waals surface area contributed by atoms with Crippen molar-refractivity contribution in [3.63, 3.8) is 0 Å².